The molecule has 1 saturated heterocycles. The maximum absolute atomic E-state index is 13.1. The Balaban J connectivity index is 1.95. The van der Waals surface area contributed by atoms with E-state index in [-0.39, 0.29) is 18.5 Å². The molecule has 0 aliphatic carbocycles. The van der Waals surface area contributed by atoms with Crippen LogP contribution in [0.2, 0.25) is 0 Å². The molecule has 1 aromatic carbocycles. The summed E-state index contributed by atoms with van der Waals surface area (Å²) in [4.78, 5) is 0. The third-order valence-electron chi connectivity index (χ3n) is 2.29. The zero-order valence-corrected chi connectivity index (χ0v) is 8.13. The molecule has 1 aliphatic heterocycles. The molecular weight excluding hydrogens is 202 g/mol. The molecule has 0 spiro atoms. The summed E-state index contributed by atoms with van der Waals surface area (Å²) in [5, 5.41) is 0. The molecule has 0 amide bonds. The first-order chi connectivity index (χ1) is 7.27. The van der Waals surface area contributed by atoms with Crippen LogP contribution >= 0.6 is 0 Å². The van der Waals surface area contributed by atoms with Crippen LogP contribution in [0.1, 0.15) is 12.8 Å². The van der Waals surface area contributed by atoms with Crippen LogP contribution < -0.4 is 4.74 Å². The Morgan fingerprint density at radius 2 is 2.40 bits per heavy atom. The lowest BCUT2D eigenvalue weighted by Crippen LogP contribution is -2.16. The van der Waals surface area contributed by atoms with Gasteiger partial charge in [0.2, 0.25) is 5.82 Å². The van der Waals surface area contributed by atoms with Crippen molar-refractivity contribution < 1.29 is 18.3 Å². The first-order valence-corrected chi connectivity index (χ1v) is 4.87. The Labute approximate surface area is 86.8 Å². The molecule has 0 aromatic heterocycles. The molecule has 1 radical (unpaired) electrons. The smallest absolute Gasteiger partial charge is 0.201 e. The van der Waals surface area contributed by atoms with Crippen LogP contribution in [0.3, 0.4) is 0 Å². The fourth-order valence-corrected chi connectivity index (χ4v) is 1.49. The average molecular weight is 213 g/mol. The number of halogens is 2. The summed E-state index contributed by atoms with van der Waals surface area (Å²) < 4.78 is 36.3. The molecule has 1 unspecified atom stereocenters. The second-order valence-corrected chi connectivity index (χ2v) is 3.41. The van der Waals surface area contributed by atoms with Gasteiger partial charge in [-0.25, -0.2) is 4.39 Å². The van der Waals surface area contributed by atoms with Gasteiger partial charge >= 0.3 is 0 Å². The van der Waals surface area contributed by atoms with Gasteiger partial charge in [0, 0.05) is 12.7 Å². The Morgan fingerprint density at radius 3 is 3.13 bits per heavy atom. The lowest BCUT2D eigenvalue weighted by Gasteiger charge is -2.11. The van der Waals surface area contributed by atoms with Crippen molar-refractivity contribution in [3.8, 4) is 5.75 Å². The van der Waals surface area contributed by atoms with E-state index in [9.17, 15) is 8.78 Å². The van der Waals surface area contributed by atoms with E-state index in [2.05, 4.69) is 6.07 Å². The molecule has 1 aromatic rings. The second kappa shape index (κ2) is 4.57. The molecule has 81 valence electrons. The fraction of sp³-hybridized carbons (Fsp3) is 0.455. The third-order valence-corrected chi connectivity index (χ3v) is 2.29. The topological polar surface area (TPSA) is 18.5 Å². The normalized spacial score (nSPS) is 20.5. The summed E-state index contributed by atoms with van der Waals surface area (Å²) >= 11 is 0. The third kappa shape index (κ3) is 2.45. The Kier molecular flexibility index (Phi) is 3.16. The largest absolute Gasteiger partial charge is 0.487 e. The van der Waals surface area contributed by atoms with Gasteiger partial charge in [-0.3, -0.25) is 0 Å². The van der Waals surface area contributed by atoms with Crippen molar-refractivity contribution in [3.05, 3.63) is 29.8 Å². The van der Waals surface area contributed by atoms with Crippen molar-refractivity contribution in [3.63, 3.8) is 0 Å². The van der Waals surface area contributed by atoms with Gasteiger partial charge < -0.3 is 9.47 Å². The molecule has 1 atom stereocenters. The van der Waals surface area contributed by atoms with E-state index in [0.717, 1.165) is 18.9 Å². The van der Waals surface area contributed by atoms with Crippen LogP contribution in [-0.2, 0) is 4.74 Å². The lowest BCUT2D eigenvalue weighted by atomic mass is 10.2. The van der Waals surface area contributed by atoms with Crippen molar-refractivity contribution in [1.82, 2.24) is 0 Å². The van der Waals surface area contributed by atoms with E-state index >= 15 is 0 Å². The number of benzene rings is 1. The molecular formula is C11H11F2O2. The SMILES string of the molecule is Fc1cc[c]c(OCC2CCCO2)c1F. The van der Waals surface area contributed by atoms with Crippen molar-refractivity contribution in [1.29, 1.82) is 0 Å². The Morgan fingerprint density at radius 1 is 1.53 bits per heavy atom. The van der Waals surface area contributed by atoms with E-state index in [1.165, 1.54) is 6.07 Å². The van der Waals surface area contributed by atoms with Gasteiger partial charge in [-0.2, -0.15) is 4.39 Å². The van der Waals surface area contributed by atoms with E-state index < -0.39 is 11.6 Å². The maximum Gasteiger partial charge on any atom is 0.201 e. The maximum atomic E-state index is 13.1. The molecule has 1 fully saturated rings. The number of rotatable bonds is 3. The lowest BCUT2D eigenvalue weighted by molar-refractivity contribution is 0.0662. The highest BCUT2D eigenvalue weighted by molar-refractivity contribution is 5.23. The van der Waals surface area contributed by atoms with Crippen LogP contribution in [-0.4, -0.2) is 19.3 Å². The highest BCUT2D eigenvalue weighted by atomic mass is 19.2. The minimum absolute atomic E-state index is 0.0129. The van der Waals surface area contributed by atoms with Crippen molar-refractivity contribution in [2.24, 2.45) is 0 Å². The van der Waals surface area contributed by atoms with E-state index in [0.29, 0.717) is 6.61 Å². The Hall–Kier alpha value is -1.16. The number of ether oxygens (including phenoxy) is 2. The van der Waals surface area contributed by atoms with Gasteiger partial charge in [0.05, 0.1) is 6.10 Å². The minimum Gasteiger partial charge on any atom is -0.487 e. The molecule has 0 bridgehead atoms. The highest BCUT2D eigenvalue weighted by Crippen LogP contribution is 2.20. The summed E-state index contributed by atoms with van der Waals surface area (Å²) in [6, 6.07) is 4.81. The monoisotopic (exact) mass is 213 g/mol. The highest BCUT2D eigenvalue weighted by Gasteiger charge is 2.17. The predicted octanol–water partition coefficient (Wildman–Crippen LogP) is 2.32. The average Bonchev–Trinajstić information content (AvgIpc) is 2.73. The molecule has 1 aliphatic rings. The van der Waals surface area contributed by atoms with Gasteiger partial charge in [-0.1, -0.05) is 0 Å². The second-order valence-electron chi connectivity index (χ2n) is 3.41. The van der Waals surface area contributed by atoms with Crippen LogP contribution in [0.5, 0.6) is 5.75 Å². The molecule has 1 heterocycles. The molecule has 2 nitrogen and oxygen atoms in total. The van der Waals surface area contributed by atoms with E-state index in [4.69, 9.17) is 9.47 Å². The van der Waals surface area contributed by atoms with Gasteiger partial charge in [0.1, 0.15) is 6.61 Å². The number of hydrogen-bond donors (Lipinski definition) is 0. The van der Waals surface area contributed by atoms with E-state index in [1.54, 1.807) is 0 Å². The summed E-state index contributed by atoms with van der Waals surface area (Å²) in [6.45, 7) is 0.959. The minimum atomic E-state index is -0.990. The zero-order chi connectivity index (χ0) is 10.7. The number of hydrogen-bond acceptors (Lipinski definition) is 2. The van der Waals surface area contributed by atoms with Crippen LogP contribution in [0.25, 0.3) is 0 Å². The van der Waals surface area contributed by atoms with Gasteiger partial charge in [0.25, 0.3) is 0 Å². The molecule has 0 saturated carbocycles. The quantitative estimate of drug-likeness (QED) is 0.767. The van der Waals surface area contributed by atoms with Crippen LogP contribution in [0.4, 0.5) is 8.78 Å². The Bertz CT molecular complexity index is 335. The summed E-state index contributed by atoms with van der Waals surface area (Å²) in [5.74, 6) is -2.09. The van der Waals surface area contributed by atoms with Gasteiger partial charge in [0.15, 0.2) is 11.6 Å². The molecule has 4 heteroatoms. The summed E-state index contributed by atoms with van der Waals surface area (Å²) in [7, 11) is 0. The van der Waals surface area contributed by atoms with E-state index in [1.807, 2.05) is 0 Å². The molecule has 2 rings (SSSR count). The van der Waals surface area contributed by atoms with Gasteiger partial charge in [-0.05, 0) is 25.0 Å². The van der Waals surface area contributed by atoms with Crippen molar-refractivity contribution >= 4 is 0 Å². The first-order valence-electron chi connectivity index (χ1n) is 4.87. The molecule has 0 N–H and O–H groups in total. The van der Waals surface area contributed by atoms with Crippen LogP contribution in [0, 0.1) is 17.7 Å². The fourth-order valence-electron chi connectivity index (χ4n) is 1.49. The summed E-state index contributed by atoms with van der Waals surface area (Å²) in [6.07, 6.45) is 1.88. The first kappa shape index (κ1) is 10.4. The van der Waals surface area contributed by atoms with Crippen LogP contribution in [0.15, 0.2) is 12.1 Å². The summed E-state index contributed by atoms with van der Waals surface area (Å²) in [5.41, 5.74) is 0. The zero-order valence-electron chi connectivity index (χ0n) is 8.13. The van der Waals surface area contributed by atoms with Crippen molar-refractivity contribution in [2.45, 2.75) is 18.9 Å². The van der Waals surface area contributed by atoms with Gasteiger partial charge in [-0.15, -0.1) is 0 Å². The standard InChI is InChI=1S/C11H11F2O2/c12-9-4-1-5-10(11(9)13)15-7-8-3-2-6-14-8/h1,4,8H,2-3,6-7H2. The van der Waals surface area contributed by atoms with Crippen molar-refractivity contribution in [2.75, 3.05) is 13.2 Å². The molecule has 15 heavy (non-hydrogen) atoms. The predicted molar refractivity (Wildman–Crippen MR) is 49.7 cm³/mol.